The molecule has 0 saturated heterocycles. The molecule has 0 radical (unpaired) electrons. The summed E-state index contributed by atoms with van der Waals surface area (Å²) in [6, 6.07) is 21.1. The van der Waals surface area contributed by atoms with Crippen molar-refractivity contribution in [1.29, 1.82) is 0 Å². The average Bonchev–Trinajstić information content (AvgIpc) is 3.04. The van der Waals surface area contributed by atoms with Crippen molar-refractivity contribution in [2.45, 2.75) is 69.0 Å². The van der Waals surface area contributed by atoms with Gasteiger partial charge < -0.3 is 19.7 Å². The number of rotatable bonds is 13. The fraction of sp³-hybridized carbons (Fsp3) is 0.394. The Labute approximate surface area is 254 Å². The second-order valence-electron chi connectivity index (χ2n) is 10.7. The second kappa shape index (κ2) is 14.9. The molecule has 230 valence electrons. The number of amides is 2. The first-order chi connectivity index (χ1) is 20.8. The van der Waals surface area contributed by atoms with Crippen molar-refractivity contribution in [2.75, 3.05) is 25.1 Å². The normalized spacial score (nSPS) is 14.4. The summed E-state index contributed by atoms with van der Waals surface area (Å²) >= 11 is 0. The first-order valence-electron chi connectivity index (χ1n) is 14.7. The predicted octanol–water partition coefficient (Wildman–Crippen LogP) is 5.16. The van der Waals surface area contributed by atoms with Gasteiger partial charge in [-0.05, 0) is 73.4 Å². The van der Waals surface area contributed by atoms with Gasteiger partial charge in [-0.25, -0.2) is 8.42 Å². The highest BCUT2D eigenvalue weighted by atomic mass is 32.2. The van der Waals surface area contributed by atoms with Crippen molar-refractivity contribution in [3.8, 4) is 11.5 Å². The maximum absolute atomic E-state index is 14.3. The zero-order valence-electron chi connectivity index (χ0n) is 25.1. The Morgan fingerprint density at radius 2 is 1.56 bits per heavy atom. The minimum absolute atomic E-state index is 0.0556. The number of hydrogen-bond donors (Lipinski definition) is 1. The zero-order valence-corrected chi connectivity index (χ0v) is 25.9. The Kier molecular flexibility index (Phi) is 11.1. The summed E-state index contributed by atoms with van der Waals surface area (Å²) in [5.41, 5.74) is 1.07. The van der Waals surface area contributed by atoms with Crippen LogP contribution in [0.1, 0.15) is 51.0 Å². The quantitative estimate of drug-likeness (QED) is 0.288. The lowest BCUT2D eigenvalue weighted by molar-refractivity contribution is -0.140. The number of nitrogens with zero attached hydrogens (tertiary/aromatic N) is 2. The van der Waals surface area contributed by atoms with Crippen LogP contribution in [0.15, 0.2) is 83.8 Å². The fourth-order valence-electron chi connectivity index (χ4n) is 5.43. The van der Waals surface area contributed by atoms with E-state index < -0.39 is 28.5 Å². The van der Waals surface area contributed by atoms with Gasteiger partial charge in [0.1, 0.15) is 24.1 Å². The van der Waals surface area contributed by atoms with E-state index in [1.807, 2.05) is 25.1 Å². The molecule has 0 bridgehead atoms. The van der Waals surface area contributed by atoms with Gasteiger partial charge in [0, 0.05) is 12.6 Å². The van der Waals surface area contributed by atoms with E-state index in [0.717, 1.165) is 42.0 Å². The molecule has 4 rings (SSSR count). The highest BCUT2D eigenvalue weighted by Crippen LogP contribution is 2.27. The van der Waals surface area contributed by atoms with Crippen molar-refractivity contribution in [3.63, 3.8) is 0 Å². The lowest BCUT2D eigenvalue weighted by Gasteiger charge is -2.34. The molecule has 1 saturated carbocycles. The van der Waals surface area contributed by atoms with Gasteiger partial charge in [-0.3, -0.25) is 13.9 Å². The molecule has 0 spiro atoms. The summed E-state index contributed by atoms with van der Waals surface area (Å²) < 4.78 is 39.6. The molecule has 1 atom stereocenters. The van der Waals surface area contributed by atoms with E-state index in [4.69, 9.17) is 9.47 Å². The molecule has 43 heavy (non-hydrogen) atoms. The van der Waals surface area contributed by atoms with Gasteiger partial charge >= 0.3 is 0 Å². The number of ether oxygens (including phenoxy) is 2. The van der Waals surface area contributed by atoms with Crippen LogP contribution in [0, 0.1) is 0 Å². The molecule has 1 aliphatic carbocycles. The second-order valence-corrected chi connectivity index (χ2v) is 12.5. The van der Waals surface area contributed by atoms with E-state index >= 15 is 0 Å². The Morgan fingerprint density at radius 1 is 0.884 bits per heavy atom. The summed E-state index contributed by atoms with van der Waals surface area (Å²) in [4.78, 5) is 29.5. The molecule has 0 heterocycles. The van der Waals surface area contributed by atoms with Gasteiger partial charge in [0.05, 0.1) is 24.8 Å². The monoisotopic (exact) mass is 607 g/mol. The molecule has 1 aliphatic rings. The summed E-state index contributed by atoms with van der Waals surface area (Å²) in [7, 11) is -1.05. The van der Waals surface area contributed by atoms with Crippen LogP contribution in [0.5, 0.6) is 11.5 Å². The van der Waals surface area contributed by atoms with Gasteiger partial charge in [-0.1, -0.05) is 56.5 Å². The molecule has 3 aromatic carbocycles. The minimum atomic E-state index is -4.14. The molecule has 0 aromatic heterocycles. The molecule has 10 heteroatoms. The molecule has 1 fully saturated rings. The number of sulfonamides is 1. The largest absolute Gasteiger partial charge is 0.497 e. The van der Waals surface area contributed by atoms with Crippen molar-refractivity contribution in [1.82, 2.24) is 10.2 Å². The molecule has 1 N–H and O–H groups in total. The van der Waals surface area contributed by atoms with Gasteiger partial charge in [0.25, 0.3) is 10.0 Å². The SMILES string of the molecule is CC[C@H](C(=O)NC1CCCCC1)N(Cc1cccc(OC)c1)C(=O)CN(c1ccc(OC)cc1)S(=O)(=O)c1ccccc1. The van der Waals surface area contributed by atoms with E-state index in [9.17, 15) is 18.0 Å². The third-order valence-electron chi connectivity index (χ3n) is 7.80. The Hall–Kier alpha value is -4.05. The van der Waals surface area contributed by atoms with Crippen molar-refractivity contribution >= 4 is 27.5 Å². The minimum Gasteiger partial charge on any atom is -0.497 e. The molecule has 0 aliphatic heterocycles. The smallest absolute Gasteiger partial charge is 0.264 e. The van der Waals surface area contributed by atoms with Crippen molar-refractivity contribution in [3.05, 3.63) is 84.4 Å². The standard InChI is InChI=1S/C33H41N3O6S/c1-4-31(33(38)34-26-13-7-5-8-14-26)35(23-25-12-11-15-29(22-25)42-3)32(37)24-36(27-18-20-28(41-2)21-19-27)43(39,40)30-16-9-6-10-17-30/h6,9-12,15-22,26,31H,4-5,7-8,13-14,23-24H2,1-3H3,(H,34,38)/t31-/m1/s1. The van der Waals surface area contributed by atoms with E-state index in [2.05, 4.69) is 5.32 Å². The lowest BCUT2D eigenvalue weighted by Crippen LogP contribution is -2.54. The number of nitrogens with one attached hydrogen (secondary N) is 1. The van der Waals surface area contributed by atoms with Crippen LogP contribution in [0.2, 0.25) is 0 Å². The lowest BCUT2D eigenvalue weighted by atomic mass is 9.95. The summed E-state index contributed by atoms with van der Waals surface area (Å²) in [5, 5.41) is 3.16. The van der Waals surface area contributed by atoms with Gasteiger partial charge in [-0.15, -0.1) is 0 Å². The number of methoxy groups -OCH3 is 2. The molecule has 3 aromatic rings. The van der Waals surface area contributed by atoms with Gasteiger partial charge in [-0.2, -0.15) is 0 Å². The number of hydrogen-bond acceptors (Lipinski definition) is 6. The van der Waals surface area contributed by atoms with E-state index in [-0.39, 0.29) is 23.4 Å². The first kappa shape index (κ1) is 31.9. The zero-order chi connectivity index (χ0) is 30.8. The van der Waals surface area contributed by atoms with Crippen LogP contribution in [0.25, 0.3) is 0 Å². The maximum atomic E-state index is 14.3. The third kappa shape index (κ3) is 8.07. The van der Waals surface area contributed by atoms with Crippen LogP contribution < -0.4 is 19.1 Å². The Bertz CT molecular complexity index is 1460. The summed E-state index contributed by atoms with van der Waals surface area (Å²) in [6.07, 6.45) is 5.45. The number of carbonyl (C=O) groups is 2. The van der Waals surface area contributed by atoms with E-state index in [1.165, 1.54) is 24.1 Å². The number of anilines is 1. The topological polar surface area (TPSA) is 105 Å². The predicted molar refractivity (Wildman–Crippen MR) is 167 cm³/mol. The first-order valence-corrected chi connectivity index (χ1v) is 16.2. The summed E-state index contributed by atoms with van der Waals surface area (Å²) in [6.45, 7) is 1.47. The number of carbonyl (C=O) groups excluding carboxylic acids is 2. The highest BCUT2D eigenvalue weighted by Gasteiger charge is 2.34. The van der Waals surface area contributed by atoms with Crippen LogP contribution in [-0.2, 0) is 26.2 Å². The van der Waals surface area contributed by atoms with E-state index in [0.29, 0.717) is 23.6 Å². The third-order valence-corrected chi connectivity index (χ3v) is 9.58. The highest BCUT2D eigenvalue weighted by molar-refractivity contribution is 7.92. The van der Waals surface area contributed by atoms with Crippen LogP contribution in [0.3, 0.4) is 0 Å². The molecule has 2 amide bonds. The Morgan fingerprint density at radius 3 is 2.19 bits per heavy atom. The van der Waals surface area contributed by atoms with Gasteiger partial charge in [0.15, 0.2) is 0 Å². The van der Waals surface area contributed by atoms with Gasteiger partial charge in [0.2, 0.25) is 11.8 Å². The van der Waals surface area contributed by atoms with Crippen LogP contribution in [0.4, 0.5) is 5.69 Å². The molecule has 9 nitrogen and oxygen atoms in total. The number of benzene rings is 3. The van der Waals surface area contributed by atoms with Crippen LogP contribution in [-0.4, -0.2) is 58.0 Å². The average molecular weight is 608 g/mol. The van der Waals surface area contributed by atoms with Crippen LogP contribution >= 0.6 is 0 Å². The Balaban J connectivity index is 1.71. The van der Waals surface area contributed by atoms with Crippen molar-refractivity contribution < 1.29 is 27.5 Å². The summed E-state index contributed by atoms with van der Waals surface area (Å²) in [5.74, 6) is 0.449. The molecule has 0 unspecified atom stereocenters. The molecular formula is C33H41N3O6S. The van der Waals surface area contributed by atoms with E-state index in [1.54, 1.807) is 55.6 Å². The van der Waals surface area contributed by atoms with Crippen molar-refractivity contribution in [2.24, 2.45) is 0 Å². The fourth-order valence-corrected chi connectivity index (χ4v) is 6.86. The molecular weight excluding hydrogens is 566 g/mol. The maximum Gasteiger partial charge on any atom is 0.264 e.